The topological polar surface area (TPSA) is 140 Å². The zero-order chi connectivity index (χ0) is 23.9. The fraction of sp³-hybridized carbons (Fsp3) is 0.238. The average molecular weight is 492 g/mol. The summed E-state index contributed by atoms with van der Waals surface area (Å²) in [6.45, 7) is 3.71. The molecule has 0 aliphatic rings. The lowest BCUT2D eigenvalue weighted by molar-refractivity contribution is 0.214. The Balaban J connectivity index is 1.89. The van der Waals surface area contributed by atoms with Crippen molar-refractivity contribution in [3.05, 3.63) is 72.6 Å². The number of phenols is 1. The summed E-state index contributed by atoms with van der Waals surface area (Å²) < 4.78 is 52.1. The van der Waals surface area contributed by atoms with Crippen molar-refractivity contribution in [2.75, 3.05) is 23.3 Å². The van der Waals surface area contributed by atoms with Crippen LogP contribution in [0.4, 0.5) is 11.6 Å². The Labute approximate surface area is 192 Å². The number of nitrogens with one attached hydrogen (secondary N) is 2. The van der Waals surface area contributed by atoms with Crippen LogP contribution in [-0.2, 0) is 23.6 Å². The van der Waals surface area contributed by atoms with E-state index in [4.69, 9.17) is 9.05 Å². The molecule has 0 saturated carbocycles. The lowest BCUT2D eigenvalue weighted by Gasteiger charge is -2.28. The molecule has 0 amide bonds. The van der Waals surface area contributed by atoms with Gasteiger partial charge in [-0.05, 0) is 61.9 Å². The molecule has 0 bridgehead atoms. The van der Waals surface area contributed by atoms with Gasteiger partial charge in [0, 0.05) is 18.1 Å². The molecule has 3 rings (SSSR count). The number of aromatic nitrogens is 2. The summed E-state index contributed by atoms with van der Waals surface area (Å²) in [6.07, 6.45) is 2.85. The van der Waals surface area contributed by atoms with E-state index in [0.29, 0.717) is 11.3 Å². The van der Waals surface area contributed by atoms with Gasteiger partial charge in [-0.2, -0.15) is 0 Å². The molecule has 176 valence electrons. The molecule has 1 heterocycles. The molecule has 12 heteroatoms. The van der Waals surface area contributed by atoms with Crippen molar-refractivity contribution in [1.29, 1.82) is 0 Å². The van der Waals surface area contributed by atoms with Crippen molar-refractivity contribution in [3.8, 4) is 5.75 Å². The van der Waals surface area contributed by atoms with Crippen LogP contribution in [0.25, 0.3) is 0 Å². The smallest absolute Gasteiger partial charge is 0.357 e. The average Bonchev–Trinajstić information content (AvgIpc) is 2.78. The summed E-state index contributed by atoms with van der Waals surface area (Å²) >= 11 is 0. The Morgan fingerprint density at radius 3 is 2.21 bits per heavy atom. The van der Waals surface area contributed by atoms with E-state index in [1.54, 1.807) is 32.0 Å². The summed E-state index contributed by atoms with van der Waals surface area (Å²) in [6, 6.07) is 13.7. The molecule has 33 heavy (non-hydrogen) atoms. The molecule has 1 aromatic heterocycles. The van der Waals surface area contributed by atoms with Crippen molar-refractivity contribution in [2.45, 2.75) is 24.5 Å². The number of sulfonamides is 1. The van der Waals surface area contributed by atoms with Gasteiger partial charge in [-0.3, -0.25) is 4.57 Å². The van der Waals surface area contributed by atoms with Gasteiger partial charge in [-0.15, -0.1) is 0 Å². The first kappa shape index (κ1) is 24.7. The molecular weight excluding hydrogens is 467 g/mol. The first-order valence-electron chi connectivity index (χ1n) is 10.1. The molecule has 0 aliphatic carbocycles. The number of hydrogen-bond acceptors (Lipinski definition) is 9. The Hall–Kier alpha value is -2.98. The third-order valence-electron chi connectivity index (χ3n) is 4.38. The van der Waals surface area contributed by atoms with Crippen molar-refractivity contribution < 1.29 is 27.1 Å². The number of hydrogen-bond donors (Lipinski definition) is 3. The molecule has 0 saturated heterocycles. The van der Waals surface area contributed by atoms with Crippen molar-refractivity contribution in [1.82, 2.24) is 9.97 Å². The molecule has 0 spiro atoms. The van der Waals surface area contributed by atoms with Gasteiger partial charge in [0.05, 0.1) is 18.1 Å². The molecule has 0 fully saturated rings. The van der Waals surface area contributed by atoms with Gasteiger partial charge >= 0.3 is 7.60 Å². The molecule has 2 aromatic carbocycles. The summed E-state index contributed by atoms with van der Waals surface area (Å²) in [5.41, 5.74) is 0.956. The minimum Gasteiger partial charge on any atom is -0.508 e. The largest absolute Gasteiger partial charge is 0.508 e. The third-order valence-corrected chi connectivity index (χ3v) is 8.02. The molecule has 3 N–H and O–H groups in total. The van der Waals surface area contributed by atoms with Crippen LogP contribution in [0.3, 0.4) is 0 Å². The standard InChI is InChI=1S/C21H25N4O6PS/c1-3-30-32(27,31-4-2)20(16-7-5-8-18(26)15-16)24-17-9-11-19(12-10-17)33(28,29)25-21-22-13-6-14-23-21/h5-15,20,24,26H,3-4H2,1-2H3,(H,22,23,25). The van der Waals surface area contributed by atoms with Crippen molar-refractivity contribution in [3.63, 3.8) is 0 Å². The van der Waals surface area contributed by atoms with Crippen LogP contribution in [0.2, 0.25) is 0 Å². The number of phenolic OH excluding ortho intramolecular Hbond substituents is 1. The first-order valence-corrected chi connectivity index (χ1v) is 13.2. The van der Waals surface area contributed by atoms with Crippen LogP contribution in [0.15, 0.2) is 71.9 Å². The summed E-state index contributed by atoms with van der Waals surface area (Å²) in [7, 11) is -7.60. The van der Waals surface area contributed by atoms with Crippen LogP contribution >= 0.6 is 7.60 Å². The van der Waals surface area contributed by atoms with E-state index in [-0.39, 0.29) is 29.8 Å². The van der Waals surface area contributed by atoms with Crippen LogP contribution < -0.4 is 10.0 Å². The number of nitrogens with zero attached hydrogens (tertiary/aromatic N) is 2. The fourth-order valence-electron chi connectivity index (χ4n) is 3.01. The fourth-order valence-corrected chi connectivity index (χ4v) is 5.89. The highest BCUT2D eigenvalue weighted by molar-refractivity contribution is 7.92. The van der Waals surface area contributed by atoms with E-state index in [0.717, 1.165) is 0 Å². The Morgan fingerprint density at radius 1 is 1.00 bits per heavy atom. The Kier molecular flexibility index (Phi) is 8.04. The summed E-state index contributed by atoms with van der Waals surface area (Å²) in [5, 5.41) is 13.0. The van der Waals surface area contributed by atoms with Gasteiger partial charge < -0.3 is 19.5 Å². The molecule has 1 unspecified atom stereocenters. The maximum absolute atomic E-state index is 13.6. The molecular formula is C21H25N4O6PS. The van der Waals surface area contributed by atoms with E-state index in [1.165, 1.54) is 48.8 Å². The van der Waals surface area contributed by atoms with E-state index in [9.17, 15) is 18.1 Å². The molecule has 3 aromatic rings. The number of anilines is 2. The molecule has 0 radical (unpaired) electrons. The van der Waals surface area contributed by atoms with Crippen LogP contribution in [0.5, 0.6) is 5.75 Å². The quantitative estimate of drug-likeness (QED) is 0.333. The highest BCUT2D eigenvalue weighted by atomic mass is 32.2. The maximum atomic E-state index is 13.6. The van der Waals surface area contributed by atoms with Gasteiger partial charge in [0.25, 0.3) is 10.0 Å². The first-order chi connectivity index (χ1) is 15.8. The lowest BCUT2D eigenvalue weighted by Crippen LogP contribution is -2.16. The van der Waals surface area contributed by atoms with E-state index >= 15 is 0 Å². The zero-order valence-electron chi connectivity index (χ0n) is 18.1. The number of benzene rings is 2. The minimum atomic E-state index is -3.90. The minimum absolute atomic E-state index is 0.00510. The molecule has 10 nitrogen and oxygen atoms in total. The number of aromatic hydroxyl groups is 1. The third kappa shape index (κ3) is 6.29. The van der Waals surface area contributed by atoms with Crippen molar-refractivity contribution >= 4 is 29.3 Å². The van der Waals surface area contributed by atoms with E-state index in [2.05, 4.69) is 20.0 Å². The van der Waals surface area contributed by atoms with Crippen LogP contribution in [-0.4, -0.2) is 36.7 Å². The van der Waals surface area contributed by atoms with Crippen LogP contribution in [0, 0.1) is 0 Å². The zero-order valence-corrected chi connectivity index (χ0v) is 19.8. The van der Waals surface area contributed by atoms with Gasteiger partial charge in [-0.1, -0.05) is 12.1 Å². The lowest BCUT2D eigenvalue weighted by atomic mass is 10.2. The normalized spacial score (nSPS) is 12.8. The second-order valence-electron chi connectivity index (χ2n) is 6.72. The second kappa shape index (κ2) is 10.8. The van der Waals surface area contributed by atoms with Crippen LogP contribution in [0.1, 0.15) is 25.2 Å². The highest BCUT2D eigenvalue weighted by Crippen LogP contribution is 2.61. The van der Waals surface area contributed by atoms with E-state index in [1.807, 2.05) is 0 Å². The Morgan fingerprint density at radius 2 is 1.64 bits per heavy atom. The second-order valence-corrected chi connectivity index (χ2v) is 10.5. The summed E-state index contributed by atoms with van der Waals surface area (Å²) in [5.74, 6) is -0.990. The molecule has 0 aliphatic heterocycles. The van der Waals surface area contributed by atoms with Gasteiger partial charge in [0.2, 0.25) is 5.95 Å². The Bertz CT molecular complexity index is 1200. The van der Waals surface area contributed by atoms with Crippen molar-refractivity contribution in [2.24, 2.45) is 0 Å². The van der Waals surface area contributed by atoms with Gasteiger partial charge in [0.15, 0.2) is 5.78 Å². The van der Waals surface area contributed by atoms with E-state index < -0.39 is 23.4 Å². The monoisotopic (exact) mass is 492 g/mol. The SMILES string of the molecule is CCOP(=O)(OCC)C(Nc1ccc(S(=O)(=O)Nc2ncccn2)cc1)c1cccc(O)c1. The maximum Gasteiger partial charge on any atom is 0.357 e. The predicted octanol–water partition coefficient (Wildman–Crippen LogP) is 4.36. The highest BCUT2D eigenvalue weighted by Gasteiger charge is 2.37. The van der Waals surface area contributed by atoms with Gasteiger partial charge in [0.1, 0.15) is 5.75 Å². The predicted molar refractivity (Wildman–Crippen MR) is 125 cm³/mol. The molecule has 1 atom stereocenters. The number of rotatable bonds is 11. The van der Waals surface area contributed by atoms with Gasteiger partial charge in [-0.25, -0.2) is 23.1 Å². The summed E-state index contributed by atoms with van der Waals surface area (Å²) in [4.78, 5) is 7.70.